The van der Waals surface area contributed by atoms with Gasteiger partial charge in [-0.1, -0.05) is 73.5 Å². The third kappa shape index (κ3) is 3.02. The summed E-state index contributed by atoms with van der Waals surface area (Å²) in [5.74, 6) is 0. The fraction of sp³-hybridized carbons (Fsp3) is 0.364. The first-order chi connectivity index (χ1) is 10.4. The quantitative estimate of drug-likeness (QED) is 0.613. The molecule has 0 fully saturated rings. The molecular formula is C22H28. The Morgan fingerprint density at radius 2 is 1.55 bits per heavy atom. The molecule has 0 bridgehead atoms. The van der Waals surface area contributed by atoms with Gasteiger partial charge in [0.05, 0.1) is 0 Å². The zero-order valence-electron chi connectivity index (χ0n) is 14.8. The second kappa shape index (κ2) is 6.52. The topological polar surface area (TPSA) is 0 Å². The van der Waals surface area contributed by atoms with E-state index < -0.39 is 0 Å². The number of aryl methyl sites for hydroxylation is 3. The molecule has 0 aliphatic rings. The van der Waals surface area contributed by atoms with Crippen molar-refractivity contribution in [2.45, 2.75) is 53.4 Å². The van der Waals surface area contributed by atoms with Gasteiger partial charge in [-0.2, -0.15) is 0 Å². The van der Waals surface area contributed by atoms with Gasteiger partial charge in [-0.3, -0.25) is 0 Å². The number of rotatable bonds is 4. The summed E-state index contributed by atoms with van der Waals surface area (Å²) >= 11 is 0. The third-order valence-corrected chi connectivity index (χ3v) is 4.93. The first kappa shape index (κ1) is 16.5. The number of benzene rings is 2. The van der Waals surface area contributed by atoms with E-state index in [9.17, 15) is 0 Å². The Kier molecular flexibility index (Phi) is 4.90. The first-order valence-corrected chi connectivity index (χ1v) is 8.24. The van der Waals surface area contributed by atoms with Crippen LogP contribution in [0.15, 0.2) is 48.5 Å². The lowest BCUT2D eigenvalue weighted by atomic mass is 9.69. The van der Waals surface area contributed by atoms with Gasteiger partial charge in [0.1, 0.15) is 0 Å². The van der Waals surface area contributed by atoms with E-state index in [-0.39, 0.29) is 5.41 Å². The number of hydrogen-bond donors (Lipinski definition) is 0. The van der Waals surface area contributed by atoms with E-state index in [4.69, 9.17) is 0 Å². The van der Waals surface area contributed by atoms with Crippen molar-refractivity contribution >= 4 is 5.57 Å². The lowest BCUT2D eigenvalue weighted by Gasteiger charge is -2.34. The largest absolute Gasteiger partial charge is 0.0829 e. The van der Waals surface area contributed by atoms with Gasteiger partial charge < -0.3 is 0 Å². The van der Waals surface area contributed by atoms with Crippen molar-refractivity contribution in [3.63, 3.8) is 0 Å². The SMILES string of the molecule is C/C=C(/c1ccc(C)cc1)C(C)(CC)c1ccc(C)cc1C. The Balaban J connectivity index is 2.58. The summed E-state index contributed by atoms with van der Waals surface area (Å²) in [5, 5.41) is 0. The van der Waals surface area contributed by atoms with Crippen LogP contribution in [0.5, 0.6) is 0 Å². The molecule has 2 aromatic rings. The van der Waals surface area contributed by atoms with Crippen LogP contribution in [0.4, 0.5) is 0 Å². The summed E-state index contributed by atoms with van der Waals surface area (Å²) in [6.07, 6.45) is 3.37. The maximum atomic E-state index is 2.37. The van der Waals surface area contributed by atoms with Gasteiger partial charge in [-0.15, -0.1) is 0 Å². The van der Waals surface area contributed by atoms with E-state index in [0.717, 1.165) is 6.42 Å². The predicted molar refractivity (Wildman–Crippen MR) is 98.4 cm³/mol. The molecule has 2 aromatic carbocycles. The van der Waals surface area contributed by atoms with Crippen LogP contribution >= 0.6 is 0 Å². The molecule has 1 unspecified atom stereocenters. The molecule has 0 saturated carbocycles. The molecule has 0 nitrogen and oxygen atoms in total. The van der Waals surface area contributed by atoms with Crippen LogP contribution in [-0.4, -0.2) is 0 Å². The van der Waals surface area contributed by atoms with Crippen LogP contribution in [0.3, 0.4) is 0 Å². The van der Waals surface area contributed by atoms with Crippen molar-refractivity contribution in [3.8, 4) is 0 Å². The van der Waals surface area contributed by atoms with Crippen molar-refractivity contribution in [1.29, 1.82) is 0 Å². The van der Waals surface area contributed by atoms with Crippen LogP contribution in [0.1, 0.15) is 55.0 Å². The third-order valence-electron chi connectivity index (χ3n) is 4.93. The molecule has 22 heavy (non-hydrogen) atoms. The molecule has 0 saturated heterocycles. The Morgan fingerprint density at radius 1 is 0.955 bits per heavy atom. The van der Waals surface area contributed by atoms with Crippen molar-refractivity contribution in [3.05, 3.63) is 76.4 Å². The highest BCUT2D eigenvalue weighted by molar-refractivity contribution is 5.75. The van der Waals surface area contributed by atoms with Gasteiger partial charge in [-0.05, 0) is 56.4 Å². The average molecular weight is 292 g/mol. The van der Waals surface area contributed by atoms with Crippen molar-refractivity contribution in [2.24, 2.45) is 0 Å². The van der Waals surface area contributed by atoms with Crippen molar-refractivity contribution < 1.29 is 0 Å². The summed E-state index contributed by atoms with van der Waals surface area (Å²) in [6, 6.07) is 15.8. The summed E-state index contributed by atoms with van der Waals surface area (Å²) in [5.41, 5.74) is 8.26. The minimum absolute atomic E-state index is 0.0434. The molecule has 0 radical (unpaired) electrons. The molecule has 0 aliphatic heterocycles. The maximum absolute atomic E-state index is 2.37. The Hall–Kier alpha value is -1.82. The molecule has 0 aliphatic carbocycles. The van der Waals surface area contributed by atoms with E-state index in [1.165, 1.54) is 33.4 Å². The van der Waals surface area contributed by atoms with Gasteiger partial charge in [-0.25, -0.2) is 0 Å². The lowest BCUT2D eigenvalue weighted by Crippen LogP contribution is -2.24. The molecule has 1 atom stereocenters. The van der Waals surface area contributed by atoms with Gasteiger partial charge in [0.25, 0.3) is 0 Å². The highest BCUT2D eigenvalue weighted by atomic mass is 14.3. The second-order valence-corrected chi connectivity index (χ2v) is 6.57. The van der Waals surface area contributed by atoms with Gasteiger partial charge in [0.15, 0.2) is 0 Å². The smallest absolute Gasteiger partial charge is 0.0177 e. The Labute approximate surface area is 135 Å². The first-order valence-electron chi connectivity index (χ1n) is 8.24. The number of hydrogen-bond acceptors (Lipinski definition) is 0. The minimum atomic E-state index is 0.0434. The summed E-state index contributed by atoms with van der Waals surface area (Å²) < 4.78 is 0. The monoisotopic (exact) mass is 292 g/mol. The molecule has 0 N–H and O–H groups in total. The van der Waals surface area contributed by atoms with Crippen LogP contribution in [0.25, 0.3) is 5.57 Å². The van der Waals surface area contributed by atoms with Crippen LogP contribution in [0.2, 0.25) is 0 Å². The van der Waals surface area contributed by atoms with Crippen molar-refractivity contribution in [1.82, 2.24) is 0 Å². The van der Waals surface area contributed by atoms with Crippen LogP contribution < -0.4 is 0 Å². The van der Waals surface area contributed by atoms with Crippen molar-refractivity contribution in [2.75, 3.05) is 0 Å². The zero-order valence-corrected chi connectivity index (χ0v) is 14.8. The minimum Gasteiger partial charge on any atom is -0.0829 e. The molecule has 0 heteroatoms. The van der Waals surface area contributed by atoms with E-state index in [0.29, 0.717) is 0 Å². The summed E-state index contributed by atoms with van der Waals surface area (Å²) in [6.45, 7) is 13.4. The Morgan fingerprint density at radius 3 is 2.05 bits per heavy atom. The molecule has 0 aromatic heterocycles. The van der Waals surface area contributed by atoms with Gasteiger partial charge in [0, 0.05) is 5.41 Å². The molecular weight excluding hydrogens is 264 g/mol. The lowest BCUT2D eigenvalue weighted by molar-refractivity contribution is 0.587. The average Bonchev–Trinajstić information content (AvgIpc) is 2.49. The molecule has 0 spiro atoms. The Bertz CT molecular complexity index is 674. The van der Waals surface area contributed by atoms with E-state index in [1.807, 2.05) is 0 Å². The number of allylic oxidation sites excluding steroid dienone is 2. The molecule has 2 rings (SSSR count). The van der Waals surface area contributed by atoms with E-state index in [2.05, 4.69) is 90.1 Å². The fourth-order valence-electron chi connectivity index (χ4n) is 3.50. The molecule has 0 heterocycles. The van der Waals surface area contributed by atoms with E-state index >= 15 is 0 Å². The highest BCUT2D eigenvalue weighted by Crippen LogP contribution is 2.42. The molecule has 116 valence electrons. The normalized spacial score (nSPS) is 14.7. The zero-order chi connectivity index (χ0) is 16.3. The molecule has 0 amide bonds. The van der Waals surface area contributed by atoms with Crippen LogP contribution in [-0.2, 0) is 5.41 Å². The summed E-state index contributed by atoms with van der Waals surface area (Å²) in [7, 11) is 0. The van der Waals surface area contributed by atoms with Gasteiger partial charge in [0.2, 0.25) is 0 Å². The second-order valence-electron chi connectivity index (χ2n) is 6.57. The predicted octanol–water partition coefficient (Wildman–Crippen LogP) is 6.38. The van der Waals surface area contributed by atoms with Gasteiger partial charge >= 0.3 is 0 Å². The van der Waals surface area contributed by atoms with E-state index in [1.54, 1.807) is 0 Å². The van der Waals surface area contributed by atoms with Crippen LogP contribution in [0, 0.1) is 20.8 Å². The standard InChI is InChI=1S/C22H28/c1-7-20(19-12-9-16(3)10-13-19)22(6,8-2)21-14-11-17(4)15-18(21)5/h7,9-15H,8H2,1-6H3/b20-7-. The fourth-order valence-corrected chi connectivity index (χ4v) is 3.50. The highest BCUT2D eigenvalue weighted by Gasteiger charge is 2.31. The summed E-state index contributed by atoms with van der Waals surface area (Å²) in [4.78, 5) is 0. The maximum Gasteiger partial charge on any atom is 0.0177 e.